The van der Waals surface area contributed by atoms with Gasteiger partial charge in [0.15, 0.2) is 11.5 Å². The van der Waals surface area contributed by atoms with Gasteiger partial charge >= 0.3 is 6.18 Å². The zero-order chi connectivity index (χ0) is 37.2. The first kappa shape index (κ1) is 34.7. The number of pyridine rings is 1. The van der Waals surface area contributed by atoms with Crippen LogP contribution in [0, 0.1) is 6.92 Å². The van der Waals surface area contributed by atoms with Crippen molar-refractivity contribution >= 4 is 34.9 Å². The number of rotatable bonds is 6. The number of fused-ring (bicyclic) bond motifs is 3. The maximum atomic E-state index is 14.5. The van der Waals surface area contributed by atoms with Crippen molar-refractivity contribution in [1.82, 2.24) is 38.8 Å². The molecule has 0 atom stereocenters. The molecule has 2 saturated heterocycles. The second kappa shape index (κ2) is 13.0. The van der Waals surface area contributed by atoms with E-state index in [1.165, 1.54) is 23.2 Å². The summed E-state index contributed by atoms with van der Waals surface area (Å²) < 4.78 is 56.0. The number of hydrogen-bond donors (Lipinski definition) is 2. The lowest BCUT2D eigenvalue weighted by molar-refractivity contribution is -0.137. The van der Waals surface area contributed by atoms with Crippen molar-refractivity contribution in [3.05, 3.63) is 86.3 Å². The van der Waals surface area contributed by atoms with Crippen LogP contribution < -0.4 is 10.9 Å². The van der Waals surface area contributed by atoms with E-state index in [1.807, 2.05) is 11.6 Å². The van der Waals surface area contributed by atoms with Gasteiger partial charge in [-0.1, -0.05) is 11.6 Å². The average Bonchev–Trinajstić information content (AvgIpc) is 3.71. The van der Waals surface area contributed by atoms with Crippen LogP contribution >= 0.6 is 11.6 Å². The van der Waals surface area contributed by atoms with Gasteiger partial charge in [0.2, 0.25) is 11.7 Å². The predicted octanol–water partition coefficient (Wildman–Crippen LogP) is 3.75. The monoisotopic (exact) mass is 753 g/mol. The Labute approximate surface area is 302 Å². The average molecular weight is 754 g/mol. The van der Waals surface area contributed by atoms with E-state index in [1.54, 1.807) is 10.8 Å². The van der Waals surface area contributed by atoms with Gasteiger partial charge < -0.3 is 29.4 Å². The summed E-state index contributed by atoms with van der Waals surface area (Å²) in [7, 11) is 0. The second-order valence-corrected chi connectivity index (χ2v) is 13.5. The number of piperidine rings is 1. The number of benzene rings is 1. The maximum absolute atomic E-state index is 14.5. The van der Waals surface area contributed by atoms with Gasteiger partial charge in [-0.05, 0) is 50.1 Å². The highest BCUT2D eigenvalue weighted by Crippen LogP contribution is 2.41. The Morgan fingerprint density at radius 1 is 1.17 bits per heavy atom. The van der Waals surface area contributed by atoms with E-state index in [-0.39, 0.29) is 84.3 Å². The Morgan fingerprint density at radius 2 is 1.94 bits per heavy atom. The lowest BCUT2D eigenvalue weighted by atomic mass is 9.81. The second-order valence-electron chi connectivity index (χ2n) is 13.1. The summed E-state index contributed by atoms with van der Waals surface area (Å²) in [4.78, 5) is 51.7. The molecule has 276 valence electrons. The SMILES string of the molecule is Cc1c(-c2nc3n(CC(=O)Nc4ccc(C(F)(F)F)cc4Cl)c4c(c(=O)n3n2)C2(CCN(C(=O)c3ncccc3O)CC2)OCC4)cnn1C1COC1. The predicted molar refractivity (Wildman–Crippen MR) is 181 cm³/mol. The Bertz CT molecular complexity index is 2340. The van der Waals surface area contributed by atoms with Crippen molar-refractivity contribution in [3.8, 4) is 17.1 Å². The normalized spacial score (nSPS) is 17.2. The zero-order valence-electron chi connectivity index (χ0n) is 28.1. The standard InChI is InChI=1S/C34H31ClF3N9O6/c1-18-21(14-40-46(18)20-16-52-17-20)29-42-32-45(15-26(49)41-23-5-4-19(13-22(23)35)34(36,37)38)24-6-12-53-33(27(24)30(50)47(32)43-29)7-10-44(11-8-33)31(51)28-25(48)3-2-9-39-28/h2-5,9,13-14,20,48H,6-8,10-12,15-17H2,1H3,(H,41,49). The molecule has 7 heterocycles. The van der Waals surface area contributed by atoms with Gasteiger partial charge in [0.1, 0.15) is 17.9 Å². The minimum absolute atomic E-state index is 0.0310. The first-order valence-corrected chi connectivity index (χ1v) is 17.1. The molecule has 3 aliphatic heterocycles. The number of anilines is 1. The minimum Gasteiger partial charge on any atom is -0.505 e. The molecule has 0 radical (unpaired) electrons. The third kappa shape index (κ3) is 5.99. The lowest BCUT2D eigenvalue weighted by Gasteiger charge is -2.44. The molecule has 3 aliphatic rings. The smallest absolute Gasteiger partial charge is 0.416 e. The van der Waals surface area contributed by atoms with Crippen LogP contribution in [-0.2, 0) is 39.0 Å². The van der Waals surface area contributed by atoms with Crippen LogP contribution in [0.5, 0.6) is 5.75 Å². The van der Waals surface area contributed by atoms with E-state index in [0.717, 1.165) is 28.4 Å². The number of alkyl halides is 3. The van der Waals surface area contributed by atoms with Gasteiger partial charge in [-0.25, -0.2) is 4.98 Å². The van der Waals surface area contributed by atoms with E-state index >= 15 is 0 Å². The molecule has 2 fully saturated rings. The Hall–Kier alpha value is -5.33. The molecule has 1 spiro atoms. The van der Waals surface area contributed by atoms with Crippen molar-refractivity contribution in [1.29, 1.82) is 0 Å². The van der Waals surface area contributed by atoms with Crippen LogP contribution in [0.25, 0.3) is 17.2 Å². The van der Waals surface area contributed by atoms with Gasteiger partial charge in [-0.15, -0.1) is 5.10 Å². The fraction of sp³-hybridized carbons (Fsp3) is 0.382. The number of carbonyl (C=O) groups is 2. The molecule has 2 amide bonds. The molecule has 0 unspecified atom stereocenters. The summed E-state index contributed by atoms with van der Waals surface area (Å²) in [5.41, 5.74) is -0.686. The number of amides is 2. The first-order chi connectivity index (χ1) is 25.3. The third-order valence-corrected chi connectivity index (χ3v) is 10.3. The van der Waals surface area contributed by atoms with E-state index in [4.69, 9.17) is 26.1 Å². The molecule has 4 aromatic heterocycles. The van der Waals surface area contributed by atoms with Gasteiger partial charge in [0.25, 0.3) is 11.5 Å². The number of nitrogens with one attached hydrogen (secondary N) is 1. The Morgan fingerprint density at radius 3 is 2.62 bits per heavy atom. The number of ether oxygens (including phenoxy) is 2. The van der Waals surface area contributed by atoms with Gasteiger partial charge in [0.05, 0.1) is 59.5 Å². The van der Waals surface area contributed by atoms with Crippen LogP contribution in [0.1, 0.15) is 51.9 Å². The fourth-order valence-corrected chi connectivity index (χ4v) is 7.42. The summed E-state index contributed by atoms with van der Waals surface area (Å²) in [5.74, 6) is -1.10. The topological polar surface area (TPSA) is 171 Å². The van der Waals surface area contributed by atoms with E-state index in [2.05, 4.69) is 20.5 Å². The molecule has 19 heteroatoms. The van der Waals surface area contributed by atoms with Crippen molar-refractivity contribution in [3.63, 3.8) is 0 Å². The molecule has 15 nitrogen and oxygen atoms in total. The molecular weight excluding hydrogens is 723 g/mol. The van der Waals surface area contributed by atoms with Gasteiger partial charge in [0, 0.05) is 37.1 Å². The minimum atomic E-state index is -4.62. The molecule has 8 rings (SSSR count). The number of aromatic nitrogens is 7. The number of likely N-dealkylation sites (tertiary alicyclic amines) is 1. The summed E-state index contributed by atoms with van der Waals surface area (Å²) >= 11 is 6.15. The largest absolute Gasteiger partial charge is 0.505 e. The fourth-order valence-electron chi connectivity index (χ4n) is 7.19. The molecule has 53 heavy (non-hydrogen) atoms. The summed E-state index contributed by atoms with van der Waals surface area (Å²) in [5, 5.41) is 21.6. The number of nitrogens with zero attached hydrogens (tertiary/aromatic N) is 8. The molecular formula is C34H31ClF3N9O6. The summed E-state index contributed by atoms with van der Waals surface area (Å²) in [6.45, 7) is 2.98. The van der Waals surface area contributed by atoms with E-state index in [0.29, 0.717) is 24.5 Å². The maximum Gasteiger partial charge on any atom is 0.416 e. The zero-order valence-corrected chi connectivity index (χ0v) is 28.8. The highest BCUT2D eigenvalue weighted by atomic mass is 35.5. The summed E-state index contributed by atoms with van der Waals surface area (Å²) in [6.07, 6.45) is -0.959. The first-order valence-electron chi connectivity index (χ1n) is 16.7. The number of carbonyl (C=O) groups excluding carboxylic acids is 2. The van der Waals surface area contributed by atoms with Crippen LogP contribution in [0.2, 0.25) is 5.02 Å². The van der Waals surface area contributed by atoms with Crippen LogP contribution in [-0.4, -0.2) is 88.7 Å². The lowest BCUT2D eigenvalue weighted by Crippen LogP contribution is -2.52. The quantitative estimate of drug-likeness (QED) is 0.260. The number of hydrogen-bond acceptors (Lipinski definition) is 10. The van der Waals surface area contributed by atoms with Crippen molar-refractivity contribution in [2.24, 2.45) is 0 Å². The van der Waals surface area contributed by atoms with E-state index in [9.17, 15) is 32.7 Å². The molecule has 0 bridgehead atoms. The molecule has 5 aromatic rings. The highest BCUT2D eigenvalue weighted by Gasteiger charge is 2.46. The van der Waals surface area contributed by atoms with Crippen LogP contribution in [0.3, 0.4) is 0 Å². The number of halogens is 4. The molecule has 0 aliphatic carbocycles. The van der Waals surface area contributed by atoms with Crippen molar-refractivity contribution < 1.29 is 37.3 Å². The molecule has 0 saturated carbocycles. The highest BCUT2D eigenvalue weighted by molar-refractivity contribution is 6.33. The van der Waals surface area contributed by atoms with Gasteiger partial charge in [-0.2, -0.15) is 27.8 Å². The van der Waals surface area contributed by atoms with Crippen molar-refractivity contribution in [2.45, 2.75) is 50.6 Å². The Balaban J connectivity index is 1.18. The van der Waals surface area contributed by atoms with Gasteiger partial charge in [-0.3, -0.25) is 19.1 Å². The summed E-state index contributed by atoms with van der Waals surface area (Å²) in [6, 6.07) is 5.56. The molecule has 1 aromatic carbocycles. The molecule has 2 N–H and O–H groups in total. The third-order valence-electron chi connectivity index (χ3n) is 10.00. The van der Waals surface area contributed by atoms with E-state index < -0.39 is 41.3 Å². The van der Waals surface area contributed by atoms with Crippen molar-refractivity contribution in [2.75, 3.05) is 38.2 Å². The number of aromatic hydroxyl groups is 1. The van der Waals surface area contributed by atoms with Crippen LogP contribution in [0.4, 0.5) is 18.9 Å². The van der Waals surface area contributed by atoms with Crippen LogP contribution in [0.15, 0.2) is 47.5 Å². The Kier molecular flexibility index (Phi) is 8.49.